The van der Waals surface area contributed by atoms with E-state index in [0.29, 0.717) is 19.5 Å². The van der Waals surface area contributed by atoms with Crippen LogP contribution in [0.25, 0.3) is 0 Å². The Labute approximate surface area is 92.6 Å². The van der Waals surface area contributed by atoms with Crippen molar-refractivity contribution in [3.05, 3.63) is 22.6 Å². The lowest BCUT2D eigenvalue weighted by Gasteiger charge is -2.02. The van der Waals surface area contributed by atoms with Crippen molar-refractivity contribution < 1.29 is 9.72 Å². The molecule has 1 aromatic rings. The minimum atomic E-state index is -0.562. The van der Waals surface area contributed by atoms with Crippen molar-refractivity contribution in [2.45, 2.75) is 26.3 Å². The van der Waals surface area contributed by atoms with E-state index >= 15 is 0 Å². The Kier molecular flexibility index (Phi) is 4.43. The molecule has 7 nitrogen and oxygen atoms in total. The van der Waals surface area contributed by atoms with Crippen LogP contribution in [0.4, 0.5) is 5.82 Å². The first kappa shape index (κ1) is 12.2. The highest BCUT2D eigenvalue weighted by Crippen LogP contribution is 2.05. The van der Waals surface area contributed by atoms with Gasteiger partial charge in [-0.2, -0.15) is 0 Å². The number of nitrogens with zero attached hydrogens (tertiary/aromatic N) is 3. The Morgan fingerprint density at radius 3 is 3.00 bits per heavy atom. The summed E-state index contributed by atoms with van der Waals surface area (Å²) in [5, 5.41) is 13.1. The summed E-state index contributed by atoms with van der Waals surface area (Å²) in [7, 11) is 0. The first-order valence-corrected chi connectivity index (χ1v) is 5.06. The van der Waals surface area contributed by atoms with Crippen molar-refractivity contribution in [3.63, 3.8) is 0 Å². The Morgan fingerprint density at radius 2 is 2.44 bits per heavy atom. The highest BCUT2D eigenvalue weighted by molar-refractivity contribution is 5.75. The number of nitrogens with one attached hydrogen (secondary N) is 1. The monoisotopic (exact) mass is 226 g/mol. The third-order valence-electron chi connectivity index (χ3n) is 1.98. The van der Waals surface area contributed by atoms with Gasteiger partial charge in [0.05, 0.1) is 0 Å². The van der Waals surface area contributed by atoms with Crippen LogP contribution in [0.1, 0.15) is 19.8 Å². The minimum Gasteiger partial charge on any atom is -0.358 e. The maximum Gasteiger partial charge on any atom is 0.381 e. The lowest BCUT2D eigenvalue weighted by atomic mass is 10.4. The van der Waals surface area contributed by atoms with Crippen molar-refractivity contribution in [2.24, 2.45) is 0 Å². The van der Waals surface area contributed by atoms with E-state index in [1.807, 2.05) is 6.92 Å². The third kappa shape index (κ3) is 3.68. The number of nitro groups is 1. The normalized spacial score (nSPS) is 10.1. The Morgan fingerprint density at radius 1 is 1.69 bits per heavy atom. The van der Waals surface area contributed by atoms with Gasteiger partial charge in [-0.1, -0.05) is 6.92 Å². The van der Waals surface area contributed by atoms with E-state index in [9.17, 15) is 14.9 Å². The second-order valence-corrected chi connectivity index (χ2v) is 3.33. The maximum absolute atomic E-state index is 11.2. The highest BCUT2D eigenvalue weighted by Gasteiger charge is 2.10. The topological polar surface area (TPSA) is 90.1 Å². The summed E-state index contributed by atoms with van der Waals surface area (Å²) in [6.45, 7) is 3.03. The molecule has 0 spiro atoms. The second-order valence-electron chi connectivity index (χ2n) is 3.33. The van der Waals surface area contributed by atoms with E-state index in [1.165, 1.54) is 17.1 Å². The number of hydrogen-bond acceptors (Lipinski definition) is 4. The number of amides is 1. The van der Waals surface area contributed by atoms with E-state index in [1.54, 1.807) is 0 Å². The van der Waals surface area contributed by atoms with Crippen LogP contribution in [-0.4, -0.2) is 26.9 Å². The predicted molar refractivity (Wildman–Crippen MR) is 56.8 cm³/mol. The number of rotatable bonds is 6. The van der Waals surface area contributed by atoms with E-state index < -0.39 is 4.92 Å². The zero-order valence-electron chi connectivity index (χ0n) is 9.05. The molecule has 7 heteroatoms. The molecule has 0 bridgehead atoms. The fourth-order valence-electron chi connectivity index (χ4n) is 1.15. The average Bonchev–Trinajstić information content (AvgIpc) is 2.72. The van der Waals surface area contributed by atoms with Gasteiger partial charge >= 0.3 is 5.82 Å². The van der Waals surface area contributed by atoms with Gasteiger partial charge in [0.1, 0.15) is 6.20 Å². The van der Waals surface area contributed by atoms with E-state index in [4.69, 9.17) is 0 Å². The van der Waals surface area contributed by atoms with Crippen LogP contribution >= 0.6 is 0 Å². The molecule has 0 fully saturated rings. The van der Waals surface area contributed by atoms with Crippen LogP contribution in [0.3, 0.4) is 0 Å². The van der Waals surface area contributed by atoms with Gasteiger partial charge in [-0.3, -0.25) is 4.79 Å². The van der Waals surface area contributed by atoms with Crippen molar-refractivity contribution >= 4 is 11.7 Å². The number of carbonyl (C=O) groups is 1. The lowest BCUT2D eigenvalue weighted by Crippen LogP contribution is -2.24. The van der Waals surface area contributed by atoms with E-state index in [-0.39, 0.29) is 11.7 Å². The summed E-state index contributed by atoms with van der Waals surface area (Å²) in [4.78, 5) is 24.6. The maximum atomic E-state index is 11.2. The molecule has 0 aliphatic carbocycles. The van der Waals surface area contributed by atoms with Gasteiger partial charge in [0, 0.05) is 19.5 Å². The Balaban J connectivity index is 2.36. The smallest absolute Gasteiger partial charge is 0.358 e. The summed E-state index contributed by atoms with van der Waals surface area (Å²) in [5.41, 5.74) is 0. The third-order valence-corrected chi connectivity index (χ3v) is 1.98. The van der Waals surface area contributed by atoms with Crippen LogP contribution in [0.5, 0.6) is 0 Å². The van der Waals surface area contributed by atoms with Gasteiger partial charge in [0.2, 0.25) is 12.2 Å². The van der Waals surface area contributed by atoms with Crippen molar-refractivity contribution in [1.82, 2.24) is 14.9 Å². The molecule has 0 radical (unpaired) electrons. The van der Waals surface area contributed by atoms with Gasteiger partial charge < -0.3 is 20.0 Å². The molecule has 0 unspecified atom stereocenters. The summed E-state index contributed by atoms with van der Waals surface area (Å²) < 4.78 is 1.53. The average molecular weight is 226 g/mol. The van der Waals surface area contributed by atoms with Crippen molar-refractivity contribution in [2.75, 3.05) is 6.54 Å². The van der Waals surface area contributed by atoms with Gasteiger partial charge in [-0.25, -0.2) is 0 Å². The summed E-state index contributed by atoms with van der Waals surface area (Å²) in [6.07, 6.45) is 3.86. The van der Waals surface area contributed by atoms with Crippen LogP contribution in [0.2, 0.25) is 0 Å². The molecular weight excluding hydrogens is 212 g/mol. The SMILES string of the molecule is CCCNC(=O)CCn1cnc([N+](=O)[O-])c1. The minimum absolute atomic E-state index is 0.0572. The fourth-order valence-corrected chi connectivity index (χ4v) is 1.15. The first-order valence-electron chi connectivity index (χ1n) is 5.06. The van der Waals surface area contributed by atoms with E-state index in [0.717, 1.165) is 6.42 Å². The summed E-state index contributed by atoms with van der Waals surface area (Å²) in [6, 6.07) is 0. The molecule has 0 atom stereocenters. The van der Waals surface area contributed by atoms with Crippen LogP contribution < -0.4 is 5.32 Å². The molecule has 1 rings (SSSR count). The van der Waals surface area contributed by atoms with Crippen molar-refractivity contribution in [3.8, 4) is 0 Å². The Bertz CT molecular complexity index is 375. The molecule has 88 valence electrons. The Hall–Kier alpha value is -1.92. The molecular formula is C9H14N4O3. The molecule has 0 saturated heterocycles. The number of aromatic nitrogens is 2. The number of hydrogen-bond donors (Lipinski definition) is 1. The van der Waals surface area contributed by atoms with Gasteiger partial charge in [0.15, 0.2) is 0 Å². The van der Waals surface area contributed by atoms with Crippen LogP contribution in [0.15, 0.2) is 12.5 Å². The highest BCUT2D eigenvalue weighted by atomic mass is 16.6. The van der Waals surface area contributed by atoms with E-state index in [2.05, 4.69) is 10.3 Å². The van der Waals surface area contributed by atoms with Crippen molar-refractivity contribution in [1.29, 1.82) is 0 Å². The number of carbonyl (C=O) groups excluding carboxylic acids is 1. The molecule has 1 aromatic heterocycles. The quantitative estimate of drug-likeness (QED) is 0.571. The fraction of sp³-hybridized carbons (Fsp3) is 0.556. The zero-order chi connectivity index (χ0) is 12.0. The number of imidazole rings is 1. The molecule has 0 aliphatic heterocycles. The summed E-state index contributed by atoms with van der Waals surface area (Å²) >= 11 is 0. The zero-order valence-corrected chi connectivity index (χ0v) is 9.05. The lowest BCUT2D eigenvalue weighted by molar-refractivity contribution is -0.389. The molecule has 0 aromatic carbocycles. The van der Waals surface area contributed by atoms with Crippen LogP contribution in [-0.2, 0) is 11.3 Å². The standard InChI is InChI=1S/C9H14N4O3/c1-2-4-10-9(14)3-5-12-6-8(11-7-12)13(15)16/h6-7H,2-5H2,1H3,(H,10,14). The number of aryl methyl sites for hydroxylation is 1. The van der Waals surface area contributed by atoms with Gasteiger partial charge in [0.25, 0.3) is 0 Å². The molecule has 1 amide bonds. The molecule has 16 heavy (non-hydrogen) atoms. The molecule has 0 aliphatic rings. The largest absolute Gasteiger partial charge is 0.381 e. The first-order chi connectivity index (χ1) is 7.63. The molecule has 1 N–H and O–H groups in total. The molecule has 0 saturated carbocycles. The second kappa shape index (κ2) is 5.84. The molecule has 1 heterocycles. The summed E-state index contributed by atoms with van der Waals surface area (Å²) in [5.74, 6) is -0.257. The predicted octanol–water partition coefficient (Wildman–Crippen LogP) is 0.708. The van der Waals surface area contributed by atoms with Gasteiger partial charge in [-0.15, -0.1) is 0 Å². The van der Waals surface area contributed by atoms with Crippen LogP contribution in [0, 0.1) is 10.1 Å². The van der Waals surface area contributed by atoms with Gasteiger partial charge in [-0.05, 0) is 16.3 Å².